The molecule has 0 bridgehead atoms. The average Bonchev–Trinajstić information content (AvgIpc) is 3.26. The fourth-order valence-electron chi connectivity index (χ4n) is 4.11. The summed E-state index contributed by atoms with van der Waals surface area (Å²) in [4.78, 5) is 17.4. The highest BCUT2D eigenvalue weighted by Gasteiger charge is 2.13. The van der Waals surface area contributed by atoms with Crippen molar-refractivity contribution in [3.63, 3.8) is 0 Å². The molecule has 3 N–H and O–H groups in total. The summed E-state index contributed by atoms with van der Waals surface area (Å²) in [7, 11) is 0. The van der Waals surface area contributed by atoms with Gasteiger partial charge in [-0.1, -0.05) is 60.1 Å². The van der Waals surface area contributed by atoms with Gasteiger partial charge in [-0.25, -0.2) is 9.78 Å². The Morgan fingerprint density at radius 2 is 1.73 bits per heavy atom. The third-order valence-corrected chi connectivity index (χ3v) is 6.85. The zero-order valence-corrected chi connectivity index (χ0v) is 22.6. The first-order valence-electron chi connectivity index (χ1n) is 11.7. The lowest BCUT2D eigenvalue weighted by Crippen LogP contribution is -2.20. The van der Waals surface area contributed by atoms with Crippen molar-refractivity contribution in [3.8, 4) is 11.3 Å². The van der Waals surface area contributed by atoms with E-state index in [1.807, 2.05) is 86.6 Å². The van der Waals surface area contributed by atoms with E-state index in [-0.39, 0.29) is 6.03 Å². The van der Waals surface area contributed by atoms with Gasteiger partial charge >= 0.3 is 6.03 Å². The number of carbonyl (C=O) groups is 1. The number of urea groups is 1. The molecule has 0 aliphatic carbocycles. The maximum atomic E-state index is 12.7. The second-order valence-corrected chi connectivity index (χ2v) is 9.90. The van der Waals surface area contributed by atoms with E-state index in [1.54, 1.807) is 10.7 Å². The number of nitrogens with zero attached hydrogens (tertiary/aromatic N) is 3. The van der Waals surface area contributed by atoms with Gasteiger partial charge in [-0.05, 0) is 64.7 Å². The molecule has 0 radical (unpaired) electrons. The average molecular weight is 576 g/mol. The van der Waals surface area contributed by atoms with Gasteiger partial charge in [0.05, 0.1) is 16.4 Å². The van der Waals surface area contributed by atoms with E-state index < -0.39 is 0 Å². The molecule has 0 atom stereocenters. The molecule has 0 unspecified atom stereocenters. The molecule has 0 spiro atoms. The molecular weight excluding hydrogens is 552 g/mol. The van der Waals surface area contributed by atoms with Crippen molar-refractivity contribution >= 4 is 56.4 Å². The van der Waals surface area contributed by atoms with Gasteiger partial charge in [0.25, 0.3) is 0 Å². The van der Waals surface area contributed by atoms with Crippen molar-refractivity contribution in [3.05, 3.63) is 105 Å². The van der Waals surface area contributed by atoms with Crippen LogP contribution >= 0.6 is 27.5 Å². The van der Waals surface area contributed by atoms with Gasteiger partial charge in [0.1, 0.15) is 5.82 Å². The summed E-state index contributed by atoms with van der Waals surface area (Å²) in [6.07, 6.45) is 1.71. The molecule has 0 fully saturated rings. The summed E-state index contributed by atoms with van der Waals surface area (Å²) in [5.41, 5.74) is 6.78. The van der Waals surface area contributed by atoms with Crippen LogP contribution in [0.1, 0.15) is 16.7 Å². The fourth-order valence-corrected chi connectivity index (χ4v) is 4.69. The first-order chi connectivity index (χ1) is 17.9. The van der Waals surface area contributed by atoms with Crippen LogP contribution in [0.15, 0.2) is 83.5 Å². The minimum absolute atomic E-state index is 0.288. The predicted molar refractivity (Wildman–Crippen MR) is 153 cm³/mol. The van der Waals surface area contributed by atoms with Crippen molar-refractivity contribution < 1.29 is 4.79 Å². The van der Waals surface area contributed by atoms with Gasteiger partial charge in [0.2, 0.25) is 0 Å². The van der Waals surface area contributed by atoms with Gasteiger partial charge in [-0.3, -0.25) is 0 Å². The second-order valence-electron chi connectivity index (χ2n) is 8.63. The molecular formula is C28H24BrClN6O. The number of halogens is 2. The van der Waals surface area contributed by atoms with Crippen LogP contribution in [0.2, 0.25) is 5.02 Å². The van der Waals surface area contributed by atoms with E-state index in [1.165, 1.54) is 0 Å². The number of aryl methyl sites for hydroxylation is 2. The maximum Gasteiger partial charge on any atom is 0.323 e. The quantitative estimate of drug-likeness (QED) is 0.194. The first kappa shape index (κ1) is 24.8. The third-order valence-electron chi connectivity index (χ3n) is 5.96. The van der Waals surface area contributed by atoms with Gasteiger partial charge in [0, 0.05) is 34.6 Å². The number of amides is 2. The summed E-state index contributed by atoms with van der Waals surface area (Å²) >= 11 is 9.98. The van der Waals surface area contributed by atoms with Gasteiger partial charge in [-0.2, -0.15) is 9.61 Å². The maximum absolute atomic E-state index is 12.7. The Labute approximate surface area is 228 Å². The van der Waals surface area contributed by atoms with Crippen LogP contribution < -0.4 is 16.0 Å². The fraction of sp³-hybridized carbons (Fsp3) is 0.107. The molecule has 7 nitrogen and oxygen atoms in total. The van der Waals surface area contributed by atoms with Crippen molar-refractivity contribution in [2.45, 2.75) is 20.4 Å². The van der Waals surface area contributed by atoms with Crippen molar-refractivity contribution in [1.82, 2.24) is 14.6 Å². The number of hydrogen-bond donors (Lipinski definition) is 3. The number of aromatic nitrogens is 3. The summed E-state index contributed by atoms with van der Waals surface area (Å²) in [6, 6.07) is 22.9. The minimum atomic E-state index is -0.288. The number of para-hydroxylation sites is 1. The van der Waals surface area contributed by atoms with Crippen LogP contribution in [0.25, 0.3) is 16.9 Å². The molecule has 0 aliphatic heterocycles. The number of carbonyl (C=O) groups excluding carboxylic acids is 1. The number of fused-ring (bicyclic) bond motifs is 1. The number of anilines is 3. The van der Waals surface area contributed by atoms with Gasteiger partial charge in [-0.15, -0.1) is 0 Å². The van der Waals surface area contributed by atoms with Crippen LogP contribution in [0.4, 0.5) is 22.0 Å². The Kier molecular flexibility index (Phi) is 7.12. The number of hydrogen-bond acceptors (Lipinski definition) is 4. The Morgan fingerprint density at radius 3 is 2.51 bits per heavy atom. The summed E-state index contributed by atoms with van der Waals surface area (Å²) in [5.74, 6) is 0.761. The first-order valence-corrected chi connectivity index (χ1v) is 12.8. The molecule has 0 saturated carbocycles. The lowest BCUT2D eigenvalue weighted by molar-refractivity contribution is 0.262. The molecule has 2 aromatic heterocycles. The van der Waals surface area contributed by atoms with E-state index in [9.17, 15) is 4.79 Å². The zero-order chi connectivity index (χ0) is 25.9. The molecule has 5 aromatic rings. The monoisotopic (exact) mass is 574 g/mol. The highest BCUT2D eigenvalue weighted by Crippen LogP contribution is 2.30. The molecule has 2 heterocycles. The van der Waals surface area contributed by atoms with Crippen molar-refractivity contribution in [1.29, 1.82) is 0 Å². The summed E-state index contributed by atoms with van der Waals surface area (Å²) in [5, 5.41) is 14.4. The largest absolute Gasteiger partial charge is 0.366 e. The van der Waals surface area contributed by atoms with E-state index >= 15 is 0 Å². The van der Waals surface area contributed by atoms with E-state index in [0.717, 1.165) is 43.9 Å². The molecule has 37 heavy (non-hydrogen) atoms. The highest BCUT2D eigenvalue weighted by atomic mass is 79.9. The zero-order valence-electron chi connectivity index (χ0n) is 20.2. The number of nitrogens with one attached hydrogen (secondary N) is 3. The van der Waals surface area contributed by atoms with E-state index in [4.69, 9.17) is 16.6 Å². The van der Waals surface area contributed by atoms with Crippen LogP contribution in [-0.2, 0) is 6.54 Å². The number of benzene rings is 3. The standard InChI is InChI=1S/C28H24BrClN6O/c1-17-7-5-8-18(2)26(17)35-28(37)33-20-10-6-9-19(13-20)15-31-25-14-24(21-11-3-4-12-23(21)30)34-27-22(29)16-32-36(25)27/h3-14,16,31H,15H2,1-2H3,(H2,33,35,37). The van der Waals surface area contributed by atoms with Crippen LogP contribution in [0, 0.1) is 13.8 Å². The van der Waals surface area contributed by atoms with Crippen LogP contribution in [0.3, 0.4) is 0 Å². The Morgan fingerprint density at radius 1 is 0.973 bits per heavy atom. The van der Waals surface area contributed by atoms with Gasteiger partial charge < -0.3 is 16.0 Å². The molecule has 2 amide bonds. The molecule has 186 valence electrons. The Bertz CT molecular complexity index is 1600. The smallest absolute Gasteiger partial charge is 0.323 e. The molecule has 0 aliphatic rings. The van der Waals surface area contributed by atoms with E-state index in [2.05, 4.69) is 37.0 Å². The normalized spacial score (nSPS) is 10.9. The highest BCUT2D eigenvalue weighted by molar-refractivity contribution is 9.10. The Balaban J connectivity index is 1.34. The lowest BCUT2D eigenvalue weighted by atomic mass is 10.1. The molecule has 0 saturated heterocycles. The lowest BCUT2D eigenvalue weighted by Gasteiger charge is -2.14. The van der Waals surface area contributed by atoms with Crippen LogP contribution in [-0.4, -0.2) is 20.6 Å². The SMILES string of the molecule is Cc1cccc(C)c1NC(=O)Nc1cccc(CNc2cc(-c3ccccc3Cl)nc3c(Br)cnn23)c1. The minimum Gasteiger partial charge on any atom is -0.366 e. The van der Waals surface area contributed by atoms with Crippen molar-refractivity contribution in [2.75, 3.05) is 16.0 Å². The topological polar surface area (TPSA) is 83.4 Å². The third kappa shape index (κ3) is 5.45. The van der Waals surface area contributed by atoms with Crippen LogP contribution in [0.5, 0.6) is 0 Å². The second kappa shape index (κ2) is 10.6. The molecule has 9 heteroatoms. The van der Waals surface area contributed by atoms with Crippen molar-refractivity contribution in [2.24, 2.45) is 0 Å². The van der Waals surface area contributed by atoms with E-state index in [0.29, 0.717) is 22.9 Å². The predicted octanol–water partition coefficient (Wildman–Crippen LogP) is 7.69. The molecule has 3 aromatic carbocycles. The molecule has 5 rings (SSSR count). The summed E-state index contributed by atoms with van der Waals surface area (Å²) in [6.45, 7) is 4.45. The number of rotatable bonds is 6. The summed E-state index contributed by atoms with van der Waals surface area (Å²) < 4.78 is 2.52. The Hall–Kier alpha value is -3.88. The van der Waals surface area contributed by atoms with Gasteiger partial charge in [0.15, 0.2) is 5.65 Å².